The summed E-state index contributed by atoms with van der Waals surface area (Å²) in [4.78, 5) is 1.25. The van der Waals surface area contributed by atoms with E-state index < -0.39 is 0 Å². The first-order chi connectivity index (χ1) is 9.11. The second-order valence-corrected chi connectivity index (χ2v) is 5.75. The molecule has 0 saturated carbocycles. The van der Waals surface area contributed by atoms with E-state index in [0.29, 0.717) is 0 Å². The number of nitrogens with two attached hydrogens (primary N) is 1. The summed E-state index contributed by atoms with van der Waals surface area (Å²) in [6, 6.07) is 10.2. The van der Waals surface area contributed by atoms with Gasteiger partial charge in [-0.2, -0.15) is 0 Å². The normalized spacial score (nSPS) is 12.7. The maximum Gasteiger partial charge on any atom is 0.119 e. The first kappa shape index (κ1) is 14.1. The Labute approximate surface area is 118 Å². The summed E-state index contributed by atoms with van der Waals surface area (Å²) in [6.45, 7) is 6.15. The molecule has 2 aromatic rings. The van der Waals surface area contributed by atoms with Crippen LogP contribution in [0.2, 0.25) is 0 Å². The van der Waals surface area contributed by atoms with Gasteiger partial charge in [0.15, 0.2) is 0 Å². The first-order valence-electron chi connectivity index (χ1n) is 6.38. The van der Waals surface area contributed by atoms with Gasteiger partial charge in [-0.15, -0.1) is 11.3 Å². The fraction of sp³-hybridized carbons (Fsp3) is 0.333. The van der Waals surface area contributed by atoms with Gasteiger partial charge in [0.2, 0.25) is 0 Å². The number of nitrogens with one attached hydrogen (secondary N) is 1. The average Bonchev–Trinajstić information content (AvgIpc) is 2.78. The molecular weight excluding hydrogens is 256 g/mol. The Morgan fingerprint density at radius 1 is 1.16 bits per heavy atom. The standard InChI is InChI=1S/C15H20N2OS/c1-10(2)18-13-6-4-12(5-7-13)14(17-16)15-11(3)8-9-19-15/h4-10,14,17H,16H2,1-3H3. The summed E-state index contributed by atoms with van der Waals surface area (Å²) < 4.78 is 5.65. The Morgan fingerprint density at radius 3 is 2.32 bits per heavy atom. The van der Waals surface area contributed by atoms with Crippen molar-refractivity contribution in [2.45, 2.75) is 32.9 Å². The van der Waals surface area contributed by atoms with Gasteiger partial charge in [-0.25, -0.2) is 5.43 Å². The zero-order chi connectivity index (χ0) is 13.8. The van der Waals surface area contributed by atoms with Crippen molar-refractivity contribution in [3.63, 3.8) is 0 Å². The van der Waals surface area contributed by atoms with Crippen LogP contribution in [-0.2, 0) is 0 Å². The van der Waals surface area contributed by atoms with Gasteiger partial charge < -0.3 is 4.74 Å². The van der Waals surface area contributed by atoms with Crippen LogP contribution in [0, 0.1) is 6.92 Å². The molecule has 0 spiro atoms. The molecule has 0 aliphatic rings. The molecule has 19 heavy (non-hydrogen) atoms. The summed E-state index contributed by atoms with van der Waals surface area (Å²) in [5, 5.41) is 2.09. The molecule has 0 bridgehead atoms. The van der Waals surface area contributed by atoms with Gasteiger partial charge in [-0.1, -0.05) is 12.1 Å². The van der Waals surface area contributed by atoms with Crippen molar-refractivity contribution in [2.75, 3.05) is 0 Å². The van der Waals surface area contributed by atoms with E-state index in [1.54, 1.807) is 11.3 Å². The van der Waals surface area contributed by atoms with Crippen molar-refractivity contribution in [1.29, 1.82) is 0 Å². The van der Waals surface area contributed by atoms with Crippen LogP contribution in [-0.4, -0.2) is 6.10 Å². The highest BCUT2D eigenvalue weighted by Crippen LogP contribution is 2.29. The van der Waals surface area contributed by atoms with Gasteiger partial charge in [0.25, 0.3) is 0 Å². The molecular formula is C15H20N2OS. The SMILES string of the molecule is Cc1ccsc1C(NN)c1ccc(OC(C)C)cc1. The van der Waals surface area contributed by atoms with E-state index in [0.717, 1.165) is 11.3 Å². The van der Waals surface area contributed by atoms with E-state index in [-0.39, 0.29) is 12.1 Å². The summed E-state index contributed by atoms with van der Waals surface area (Å²) in [7, 11) is 0. The van der Waals surface area contributed by atoms with Crippen molar-refractivity contribution in [3.8, 4) is 5.75 Å². The molecule has 1 unspecified atom stereocenters. The molecule has 0 aliphatic heterocycles. The van der Waals surface area contributed by atoms with Gasteiger partial charge in [-0.3, -0.25) is 5.84 Å². The molecule has 3 nitrogen and oxygen atoms in total. The van der Waals surface area contributed by atoms with Gasteiger partial charge in [-0.05, 0) is 55.5 Å². The number of hydrogen-bond donors (Lipinski definition) is 2. The van der Waals surface area contributed by atoms with Crippen molar-refractivity contribution in [3.05, 3.63) is 51.7 Å². The molecule has 0 aliphatic carbocycles. The molecule has 1 atom stereocenters. The number of ether oxygens (including phenoxy) is 1. The smallest absolute Gasteiger partial charge is 0.119 e. The minimum Gasteiger partial charge on any atom is -0.491 e. The molecule has 1 aromatic heterocycles. The third kappa shape index (κ3) is 3.35. The monoisotopic (exact) mass is 276 g/mol. The molecule has 102 valence electrons. The van der Waals surface area contributed by atoms with Crippen molar-refractivity contribution >= 4 is 11.3 Å². The highest BCUT2D eigenvalue weighted by molar-refractivity contribution is 7.10. The number of benzene rings is 1. The van der Waals surface area contributed by atoms with Crippen molar-refractivity contribution < 1.29 is 4.74 Å². The molecule has 0 saturated heterocycles. The van der Waals surface area contributed by atoms with E-state index in [1.807, 2.05) is 26.0 Å². The van der Waals surface area contributed by atoms with Crippen LogP contribution >= 0.6 is 11.3 Å². The molecule has 1 heterocycles. The maximum absolute atomic E-state index is 5.71. The van der Waals surface area contributed by atoms with Gasteiger partial charge in [0.05, 0.1) is 12.1 Å². The van der Waals surface area contributed by atoms with E-state index in [4.69, 9.17) is 10.6 Å². The van der Waals surface area contributed by atoms with Crippen molar-refractivity contribution in [1.82, 2.24) is 5.43 Å². The lowest BCUT2D eigenvalue weighted by Gasteiger charge is -2.17. The number of hydrogen-bond acceptors (Lipinski definition) is 4. The Morgan fingerprint density at radius 2 is 1.84 bits per heavy atom. The maximum atomic E-state index is 5.71. The second-order valence-electron chi connectivity index (χ2n) is 4.80. The van der Waals surface area contributed by atoms with Crippen LogP contribution in [0.4, 0.5) is 0 Å². The van der Waals surface area contributed by atoms with Crippen LogP contribution in [0.3, 0.4) is 0 Å². The van der Waals surface area contributed by atoms with E-state index >= 15 is 0 Å². The largest absolute Gasteiger partial charge is 0.491 e. The fourth-order valence-electron chi connectivity index (χ4n) is 2.01. The third-order valence-electron chi connectivity index (χ3n) is 2.92. The number of thiophene rings is 1. The Hall–Kier alpha value is -1.36. The molecule has 0 radical (unpaired) electrons. The molecule has 0 amide bonds. The summed E-state index contributed by atoms with van der Waals surface area (Å²) >= 11 is 1.72. The summed E-state index contributed by atoms with van der Waals surface area (Å²) in [5.41, 5.74) is 5.29. The van der Waals surface area contributed by atoms with E-state index in [1.165, 1.54) is 10.4 Å². The van der Waals surface area contributed by atoms with Gasteiger partial charge >= 0.3 is 0 Å². The van der Waals surface area contributed by atoms with Crippen LogP contribution in [0.1, 0.15) is 35.9 Å². The van der Waals surface area contributed by atoms with Crippen LogP contribution in [0.5, 0.6) is 5.75 Å². The molecule has 4 heteroatoms. The van der Waals surface area contributed by atoms with E-state index in [2.05, 4.69) is 35.9 Å². The van der Waals surface area contributed by atoms with Gasteiger partial charge in [0, 0.05) is 4.88 Å². The summed E-state index contributed by atoms with van der Waals surface area (Å²) in [6.07, 6.45) is 0.189. The third-order valence-corrected chi connectivity index (χ3v) is 4.00. The highest BCUT2D eigenvalue weighted by atomic mass is 32.1. The van der Waals surface area contributed by atoms with Gasteiger partial charge in [0.1, 0.15) is 5.75 Å². The highest BCUT2D eigenvalue weighted by Gasteiger charge is 2.15. The Balaban J connectivity index is 2.22. The van der Waals surface area contributed by atoms with E-state index in [9.17, 15) is 0 Å². The zero-order valence-electron chi connectivity index (χ0n) is 11.5. The molecule has 3 N–H and O–H groups in total. The quantitative estimate of drug-likeness (QED) is 0.650. The molecule has 1 aromatic carbocycles. The van der Waals surface area contributed by atoms with Crippen molar-refractivity contribution in [2.24, 2.45) is 5.84 Å². The zero-order valence-corrected chi connectivity index (χ0v) is 12.3. The first-order valence-corrected chi connectivity index (χ1v) is 7.26. The predicted octanol–water partition coefficient (Wildman–Crippen LogP) is 3.40. The lowest BCUT2D eigenvalue weighted by Crippen LogP contribution is -2.28. The number of hydrazine groups is 1. The Kier molecular flexibility index (Phi) is 4.58. The summed E-state index contributed by atoms with van der Waals surface area (Å²) in [5.74, 6) is 6.60. The topological polar surface area (TPSA) is 47.3 Å². The minimum absolute atomic E-state index is 0.0353. The molecule has 0 fully saturated rings. The number of rotatable bonds is 5. The van der Waals surface area contributed by atoms with Crippen LogP contribution in [0.15, 0.2) is 35.7 Å². The number of aryl methyl sites for hydroxylation is 1. The second kappa shape index (κ2) is 6.19. The minimum atomic E-state index is 0.0353. The molecule has 2 rings (SSSR count). The predicted molar refractivity (Wildman–Crippen MR) is 80.4 cm³/mol. The van der Waals surface area contributed by atoms with Crippen LogP contribution in [0.25, 0.3) is 0 Å². The lowest BCUT2D eigenvalue weighted by molar-refractivity contribution is 0.242. The lowest BCUT2D eigenvalue weighted by atomic mass is 10.0. The average molecular weight is 276 g/mol. The van der Waals surface area contributed by atoms with Crippen LogP contribution < -0.4 is 16.0 Å². The fourth-order valence-corrected chi connectivity index (χ4v) is 3.03. The Bertz CT molecular complexity index is 519.